The molecule has 3 rings (SSSR count). The van der Waals surface area contributed by atoms with E-state index in [0.717, 1.165) is 37.4 Å². The van der Waals surface area contributed by atoms with Crippen LogP contribution < -0.4 is 23.7 Å². The molecule has 0 aromatic heterocycles. The van der Waals surface area contributed by atoms with Crippen LogP contribution in [0.3, 0.4) is 0 Å². The average Bonchev–Trinajstić information content (AvgIpc) is 2.83. The maximum absolute atomic E-state index is 12.9. The molecule has 1 aliphatic heterocycles. The number of ether oxygens (including phenoxy) is 5. The van der Waals surface area contributed by atoms with Gasteiger partial charge in [0.25, 0.3) is 5.91 Å². The number of carbonyl (C=O) groups excluding carboxylic acids is 1. The minimum atomic E-state index is -0.0554. The van der Waals surface area contributed by atoms with E-state index in [1.165, 1.54) is 5.56 Å². The zero-order valence-electron chi connectivity index (χ0n) is 19.9. The molecule has 0 radical (unpaired) electrons. The molecule has 0 unspecified atom stereocenters. The Labute approximate surface area is 206 Å². The van der Waals surface area contributed by atoms with Crippen molar-refractivity contribution >= 4 is 22.9 Å². The summed E-state index contributed by atoms with van der Waals surface area (Å²) in [4.78, 5) is 16.9. The second-order valence-electron chi connectivity index (χ2n) is 7.64. The molecule has 0 fully saturated rings. The highest BCUT2D eigenvalue weighted by Crippen LogP contribution is 2.37. The number of fused-ring (bicyclic) bond motifs is 1. The van der Waals surface area contributed by atoms with E-state index in [0.29, 0.717) is 29.4 Å². The van der Waals surface area contributed by atoms with Gasteiger partial charge >= 0.3 is 0 Å². The highest BCUT2D eigenvalue weighted by molar-refractivity contribution is 8.93. The third kappa shape index (κ3) is 6.45. The summed E-state index contributed by atoms with van der Waals surface area (Å²) in [6.45, 7) is 2.62. The quantitative estimate of drug-likeness (QED) is 0.444. The van der Waals surface area contributed by atoms with Crippen molar-refractivity contribution in [2.24, 2.45) is 0 Å². The largest absolute Gasteiger partial charge is 0.493 e. The van der Waals surface area contributed by atoms with Gasteiger partial charge in [-0.05, 0) is 44.1 Å². The smallest absolute Gasteiger partial charge is 0.260 e. The summed E-state index contributed by atoms with van der Waals surface area (Å²) in [5, 5.41) is 0. The van der Waals surface area contributed by atoms with Crippen LogP contribution in [-0.4, -0.2) is 77.6 Å². The Morgan fingerprint density at radius 3 is 2.21 bits per heavy atom. The van der Waals surface area contributed by atoms with Gasteiger partial charge in [-0.2, -0.15) is 0 Å². The minimum absolute atomic E-state index is 0. The van der Waals surface area contributed by atoms with Gasteiger partial charge in [0.05, 0.1) is 34.0 Å². The van der Waals surface area contributed by atoms with Gasteiger partial charge in [0.15, 0.2) is 29.7 Å². The molecule has 2 aromatic carbocycles. The van der Waals surface area contributed by atoms with Crippen LogP contribution in [0.4, 0.5) is 0 Å². The third-order valence-electron chi connectivity index (χ3n) is 5.58. The van der Waals surface area contributed by atoms with Gasteiger partial charge in [-0.3, -0.25) is 4.79 Å². The lowest BCUT2D eigenvalue weighted by molar-refractivity contribution is 0.0510. The molecule has 0 saturated heterocycles. The maximum Gasteiger partial charge on any atom is 0.260 e. The number of amides is 1. The van der Waals surface area contributed by atoms with Crippen molar-refractivity contribution in [3.8, 4) is 28.7 Å². The molecule has 8 nitrogen and oxygen atoms in total. The van der Waals surface area contributed by atoms with Gasteiger partial charge < -0.3 is 33.5 Å². The Balaban J connectivity index is 0.00000385. The fraction of sp³-hybridized carbons (Fsp3) is 0.458. The van der Waals surface area contributed by atoms with Gasteiger partial charge in [0.1, 0.15) is 5.75 Å². The van der Waals surface area contributed by atoms with E-state index < -0.39 is 0 Å². The fourth-order valence-corrected chi connectivity index (χ4v) is 3.69. The second kappa shape index (κ2) is 12.6. The second-order valence-corrected chi connectivity index (χ2v) is 7.64. The Morgan fingerprint density at radius 1 is 0.909 bits per heavy atom. The molecule has 0 spiro atoms. The lowest BCUT2D eigenvalue weighted by Gasteiger charge is -2.30. The van der Waals surface area contributed by atoms with Crippen molar-refractivity contribution in [2.45, 2.75) is 12.8 Å². The van der Waals surface area contributed by atoms with Crippen molar-refractivity contribution in [3.63, 3.8) is 0 Å². The summed E-state index contributed by atoms with van der Waals surface area (Å²) < 4.78 is 27.1. The van der Waals surface area contributed by atoms with Crippen molar-refractivity contribution < 1.29 is 28.5 Å². The Kier molecular flexibility index (Phi) is 10.1. The van der Waals surface area contributed by atoms with Crippen LogP contribution in [-0.2, 0) is 6.42 Å². The van der Waals surface area contributed by atoms with Crippen LogP contribution in [0.1, 0.15) is 22.3 Å². The summed E-state index contributed by atoms with van der Waals surface area (Å²) in [7, 11) is 8.47. The van der Waals surface area contributed by atoms with Crippen LogP contribution in [0, 0.1) is 0 Å². The molecule has 0 N–H and O–H groups in total. The topological polar surface area (TPSA) is 69.7 Å². The van der Waals surface area contributed by atoms with Crippen LogP contribution in [0.5, 0.6) is 28.7 Å². The molecule has 0 atom stereocenters. The predicted molar refractivity (Wildman–Crippen MR) is 132 cm³/mol. The first kappa shape index (κ1) is 26.6. The number of rotatable bonds is 11. The highest BCUT2D eigenvalue weighted by Gasteiger charge is 2.27. The van der Waals surface area contributed by atoms with E-state index >= 15 is 0 Å². The van der Waals surface area contributed by atoms with E-state index in [4.69, 9.17) is 23.7 Å². The maximum atomic E-state index is 12.9. The zero-order valence-corrected chi connectivity index (χ0v) is 21.6. The first-order valence-electron chi connectivity index (χ1n) is 10.6. The summed E-state index contributed by atoms with van der Waals surface area (Å²) in [6.07, 6.45) is 1.75. The number of likely N-dealkylation sites (N-methyl/N-ethyl adjacent to an activating group) is 1. The standard InChI is InChI=1S/C24H32N2O6.BrH/c1-25(12-9-17-7-8-19(28-2)21(13-17)29-3)10-6-11-26-16-32-20-15-23(31-5)22(30-4)14-18(20)24(26)27;/h7-8,13-15H,6,9-12,16H2,1-5H3;1H. The molecule has 0 aliphatic carbocycles. The van der Waals surface area contributed by atoms with Crippen molar-refractivity contribution in [2.75, 3.05) is 61.9 Å². The first-order chi connectivity index (χ1) is 15.5. The Morgan fingerprint density at radius 2 is 1.55 bits per heavy atom. The normalized spacial score (nSPS) is 12.5. The SMILES string of the molecule is Br.COc1ccc(CCN(C)CCCN2COc3cc(OC)c(OC)cc3C2=O)cc1OC. The molecule has 1 heterocycles. The molecule has 9 heteroatoms. The molecular formula is C24H33BrN2O6. The molecule has 1 aliphatic rings. The minimum Gasteiger partial charge on any atom is -0.493 e. The Bertz CT molecular complexity index is 939. The van der Waals surface area contributed by atoms with Gasteiger partial charge in [-0.1, -0.05) is 6.07 Å². The van der Waals surface area contributed by atoms with Crippen LogP contribution in [0.2, 0.25) is 0 Å². The number of nitrogens with zero attached hydrogens (tertiary/aromatic N) is 2. The van der Waals surface area contributed by atoms with E-state index in [1.54, 1.807) is 45.5 Å². The number of hydrogen-bond donors (Lipinski definition) is 0. The van der Waals surface area contributed by atoms with Gasteiger partial charge in [-0.25, -0.2) is 0 Å². The number of carbonyl (C=O) groups is 1. The van der Waals surface area contributed by atoms with E-state index in [1.807, 2.05) is 12.1 Å². The molecular weight excluding hydrogens is 492 g/mol. The molecule has 2 aromatic rings. The molecule has 182 valence electrons. The zero-order chi connectivity index (χ0) is 23.1. The third-order valence-corrected chi connectivity index (χ3v) is 5.58. The lowest BCUT2D eigenvalue weighted by atomic mass is 10.1. The predicted octanol–water partition coefficient (Wildman–Crippen LogP) is 3.66. The molecule has 1 amide bonds. The Hall–Kier alpha value is -2.65. The van der Waals surface area contributed by atoms with Crippen LogP contribution in [0.25, 0.3) is 0 Å². The van der Waals surface area contributed by atoms with E-state index in [9.17, 15) is 4.79 Å². The van der Waals surface area contributed by atoms with E-state index in [-0.39, 0.29) is 29.6 Å². The number of methoxy groups -OCH3 is 4. The number of benzene rings is 2. The highest BCUT2D eigenvalue weighted by atomic mass is 79.9. The summed E-state index contributed by atoms with van der Waals surface area (Å²) in [5.41, 5.74) is 1.69. The first-order valence-corrected chi connectivity index (χ1v) is 10.6. The summed E-state index contributed by atoms with van der Waals surface area (Å²) >= 11 is 0. The number of hydrogen-bond acceptors (Lipinski definition) is 7. The van der Waals surface area contributed by atoms with Crippen molar-refractivity contribution in [1.82, 2.24) is 9.80 Å². The van der Waals surface area contributed by atoms with E-state index in [2.05, 4.69) is 18.0 Å². The average molecular weight is 525 g/mol. The van der Waals surface area contributed by atoms with Crippen molar-refractivity contribution in [3.05, 3.63) is 41.5 Å². The fourth-order valence-electron chi connectivity index (χ4n) is 3.69. The monoisotopic (exact) mass is 524 g/mol. The van der Waals surface area contributed by atoms with Gasteiger partial charge in [-0.15, -0.1) is 17.0 Å². The van der Waals surface area contributed by atoms with Crippen molar-refractivity contribution in [1.29, 1.82) is 0 Å². The lowest BCUT2D eigenvalue weighted by Crippen LogP contribution is -2.40. The van der Waals surface area contributed by atoms with Gasteiger partial charge in [0, 0.05) is 25.2 Å². The molecule has 0 saturated carbocycles. The molecule has 33 heavy (non-hydrogen) atoms. The van der Waals surface area contributed by atoms with Crippen LogP contribution >= 0.6 is 17.0 Å². The number of halogens is 1. The summed E-state index contributed by atoms with van der Waals surface area (Å²) in [5.74, 6) is 3.00. The molecule has 0 bridgehead atoms. The summed E-state index contributed by atoms with van der Waals surface area (Å²) in [6, 6.07) is 9.37. The van der Waals surface area contributed by atoms with Crippen LogP contribution in [0.15, 0.2) is 30.3 Å². The van der Waals surface area contributed by atoms with Gasteiger partial charge in [0.2, 0.25) is 0 Å².